The van der Waals surface area contributed by atoms with Crippen molar-refractivity contribution in [2.45, 2.75) is 19.8 Å². The van der Waals surface area contributed by atoms with Gasteiger partial charge in [-0.2, -0.15) is 0 Å². The van der Waals surface area contributed by atoms with Crippen molar-refractivity contribution in [3.8, 4) is 0 Å². The van der Waals surface area contributed by atoms with Crippen LogP contribution in [-0.4, -0.2) is 36.4 Å². The van der Waals surface area contributed by atoms with Crippen molar-refractivity contribution in [1.29, 1.82) is 0 Å². The number of hydrogen-bond acceptors (Lipinski definition) is 6. The smallest absolute Gasteiger partial charge is 0.340 e. The summed E-state index contributed by atoms with van der Waals surface area (Å²) in [6, 6.07) is 10.4. The molecule has 3 rings (SSSR count). The molecule has 152 valence electrons. The van der Waals surface area contributed by atoms with Crippen LogP contribution in [0.3, 0.4) is 0 Å². The van der Waals surface area contributed by atoms with Crippen LogP contribution in [0.2, 0.25) is 5.02 Å². The number of esters is 1. The molecule has 0 atom stereocenters. The van der Waals surface area contributed by atoms with Gasteiger partial charge in [0.2, 0.25) is 0 Å². The first-order valence-corrected chi connectivity index (χ1v) is 9.72. The maximum Gasteiger partial charge on any atom is 0.340 e. The lowest BCUT2D eigenvalue weighted by atomic mass is 9.98. The molecule has 0 saturated carbocycles. The normalized spacial score (nSPS) is 14.5. The van der Waals surface area contributed by atoms with Crippen LogP contribution < -0.4 is 4.90 Å². The monoisotopic (exact) mass is 416 g/mol. The first-order valence-electron chi connectivity index (χ1n) is 9.34. The third kappa shape index (κ3) is 5.12. The topological polar surface area (TPSA) is 89.8 Å². The number of Topliss-reactive ketones (excluding diaryl/α,β-unsaturated/α-hetero) is 1. The fourth-order valence-corrected chi connectivity index (χ4v) is 3.38. The average molecular weight is 417 g/mol. The fourth-order valence-electron chi connectivity index (χ4n) is 3.25. The van der Waals surface area contributed by atoms with Gasteiger partial charge < -0.3 is 9.64 Å². The Balaban J connectivity index is 1.78. The molecule has 0 radical (unpaired) electrons. The third-order valence-corrected chi connectivity index (χ3v) is 5.29. The minimum absolute atomic E-state index is 0.0951. The number of benzene rings is 2. The van der Waals surface area contributed by atoms with Crippen molar-refractivity contribution in [3.63, 3.8) is 0 Å². The molecular weight excluding hydrogens is 396 g/mol. The molecule has 7 nitrogen and oxygen atoms in total. The van der Waals surface area contributed by atoms with Gasteiger partial charge in [-0.15, -0.1) is 0 Å². The molecule has 1 aliphatic heterocycles. The average Bonchev–Trinajstić information content (AvgIpc) is 2.72. The summed E-state index contributed by atoms with van der Waals surface area (Å²) in [7, 11) is 0. The third-order valence-electron chi connectivity index (χ3n) is 5.04. The quantitative estimate of drug-likeness (QED) is 0.297. The van der Waals surface area contributed by atoms with E-state index in [1.165, 1.54) is 12.1 Å². The lowest BCUT2D eigenvalue weighted by Gasteiger charge is -2.33. The molecule has 2 aromatic rings. The van der Waals surface area contributed by atoms with Gasteiger partial charge in [-0.25, -0.2) is 4.79 Å². The Morgan fingerprint density at radius 3 is 2.45 bits per heavy atom. The number of hydrogen-bond donors (Lipinski definition) is 0. The van der Waals surface area contributed by atoms with Crippen LogP contribution in [0.25, 0.3) is 0 Å². The van der Waals surface area contributed by atoms with Crippen LogP contribution in [0.4, 0.5) is 11.4 Å². The molecule has 1 saturated heterocycles. The Labute approximate surface area is 173 Å². The highest BCUT2D eigenvalue weighted by atomic mass is 35.5. The number of carbonyl (C=O) groups is 2. The van der Waals surface area contributed by atoms with Crippen LogP contribution in [-0.2, 0) is 4.74 Å². The van der Waals surface area contributed by atoms with Crippen molar-refractivity contribution in [2.75, 3.05) is 24.6 Å². The lowest BCUT2D eigenvalue weighted by Crippen LogP contribution is -2.34. The molecule has 0 aromatic heterocycles. The fraction of sp³-hybridized carbons (Fsp3) is 0.333. The van der Waals surface area contributed by atoms with E-state index in [2.05, 4.69) is 6.92 Å². The molecule has 1 fully saturated rings. The van der Waals surface area contributed by atoms with Crippen LogP contribution in [0.15, 0.2) is 42.5 Å². The minimum Gasteiger partial charge on any atom is -0.454 e. The molecule has 29 heavy (non-hydrogen) atoms. The van der Waals surface area contributed by atoms with Gasteiger partial charge in [-0.3, -0.25) is 14.9 Å². The second-order valence-electron chi connectivity index (χ2n) is 7.13. The van der Waals surface area contributed by atoms with Gasteiger partial charge >= 0.3 is 5.97 Å². The molecule has 0 spiro atoms. The molecule has 1 aliphatic rings. The highest BCUT2D eigenvalue weighted by Gasteiger charge is 2.25. The maximum absolute atomic E-state index is 12.7. The predicted octanol–water partition coefficient (Wildman–Crippen LogP) is 4.52. The van der Waals surface area contributed by atoms with Crippen LogP contribution in [0.5, 0.6) is 0 Å². The number of halogens is 1. The van der Waals surface area contributed by atoms with Gasteiger partial charge in [-0.1, -0.05) is 18.5 Å². The van der Waals surface area contributed by atoms with Crippen LogP contribution in [0, 0.1) is 16.0 Å². The van der Waals surface area contributed by atoms with E-state index in [1.807, 2.05) is 4.90 Å². The van der Waals surface area contributed by atoms with Crippen molar-refractivity contribution in [1.82, 2.24) is 0 Å². The Bertz CT molecular complexity index is 921. The Morgan fingerprint density at radius 2 is 1.83 bits per heavy atom. The van der Waals surface area contributed by atoms with Crippen LogP contribution in [0.1, 0.15) is 40.5 Å². The zero-order valence-corrected chi connectivity index (χ0v) is 16.7. The SMILES string of the molecule is CC1CCN(c2ccc([N+](=O)[O-])cc2C(=O)OCC(=O)c2ccc(Cl)cc2)CC1. The summed E-state index contributed by atoms with van der Waals surface area (Å²) in [5, 5.41) is 11.7. The van der Waals surface area contributed by atoms with Crippen LogP contribution >= 0.6 is 11.6 Å². The number of nitrogens with zero attached hydrogens (tertiary/aromatic N) is 2. The van der Waals surface area contributed by atoms with Gasteiger partial charge in [0.25, 0.3) is 5.69 Å². The van der Waals surface area contributed by atoms with Crippen molar-refractivity contribution in [2.24, 2.45) is 5.92 Å². The minimum atomic E-state index is -0.760. The first kappa shape index (κ1) is 20.8. The summed E-state index contributed by atoms with van der Waals surface area (Å²) in [6.45, 7) is 3.22. The Morgan fingerprint density at radius 1 is 1.17 bits per heavy atom. The van der Waals surface area contributed by atoms with E-state index in [0.29, 0.717) is 22.2 Å². The Hall–Kier alpha value is -2.93. The zero-order valence-electron chi connectivity index (χ0n) is 16.0. The summed E-state index contributed by atoms with van der Waals surface area (Å²) in [4.78, 5) is 37.6. The zero-order chi connectivity index (χ0) is 21.0. The van der Waals surface area contributed by atoms with E-state index in [1.54, 1.807) is 30.3 Å². The van der Waals surface area contributed by atoms with E-state index in [0.717, 1.165) is 25.9 Å². The predicted molar refractivity (Wildman–Crippen MR) is 110 cm³/mol. The number of rotatable bonds is 6. The number of carbonyl (C=O) groups excluding carboxylic acids is 2. The van der Waals surface area contributed by atoms with Crippen molar-refractivity contribution < 1.29 is 19.2 Å². The lowest BCUT2D eigenvalue weighted by molar-refractivity contribution is -0.384. The van der Waals surface area contributed by atoms with Crippen molar-refractivity contribution >= 4 is 34.7 Å². The number of anilines is 1. The summed E-state index contributed by atoms with van der Waals surface area (Å²) < 4.78 is 5.19. The van der Waals surface area contributed by atoms with Crippen molar-refractivity contribution in [3.05, 3.63) is 68.7 Å². The van der Waals surface area contributed by atoms with Gasteiger partial charge in [0.05, 0.1) is 16.2 Å². The van der Waals surface area contributed by atoms with Gasteiger partial charge in [0.1, 0.15) is 0 Å². The highest BCUT2D eigenvalue weighted by molar-refractivity contribution is 6.30. The summed E-state index contributed by atoms with van der Waals surface area (Å²) in [6.07, 6.45) is 1.95. The van der Waals surface area contributed by atoms with Gasteiger partial charge in [0.15, 0.2) is 12.4 Å². The summed E-state index contributed by atoms with van der Waals surface area (Å²) in [5.41, 5.74) is 0.852. The van der Waals surface area contributed by atoms with E-state index in [4.69, 9.17) is 16.3 Å². The number of non-ortho nitro benzene ring substituents is 1. The van der Waals surface area contributed by atoms with E-state index >= 15 is 0 Å². The molecule has 0 N–H and O–H groups in total. The van der Waals surface area contributed by atoms with E-state index in [-0.39, 0.29) is 17.0 Å². The highest BCUT2D eigenvalue weighted by Crippen LogP contribution is 2.30. The Kier molecular flexibility index (Phi) is 6.49. The molecule has 0 amide bonds. The molecule has 0 bridgehead atoms. The summed E-state index contributed by atoms with van der Waals surface area (Å²) in [5.74, 6) is -0.546. The second-order valence-corrected chi connectivity index (χ2v) is 7.57. The molecular formula is C21H21ClN2O5. The van der Waals surface area contributed by atoms with Gasteiger partial charge in [0, 0.05) is 35.8 Å². The van der Waals surface area contributed by atoms with E-state index < -0.39 is 17.5 Å². The summed E-state index contributed by atoms with van der Waals surface area (Å²) >= 11 is 5.81. The first-order chi connectivity index (χ1) is 13.8. The number of ether oxygens (including phenoxy) is 1. The molecule has 1 heterocycles. The standard InChI is InChI=1S/C21H21ClN2O5/c1-14-8-10-23(11-9-14)19-7-6-17(24(27)28)12-18(19)21(26)29-13-20(25)15-2-4-16(22)5-3-15/h2-7,12,14H,8-11,13H2,1H3. The molecule has 0 aliphatic carbocycles. The molecule has 2 aromatic carbocycles. The second kappa shape index (κ2) is 9.05. The number of piperidine rings is 1. The van der Waals surface area contributed by atoms with Gasteiger partial charge in [-0.05, 0) is 49.1 Å². The number of nitro groups is 1. The molecule has 0 unspecified atom stereocenters. The largest absolute Gasteiger partial charge is 0.454 e. The maximum atomic E-state index is 12.7. The van der Waals surface area contributed by atoms with E-state index in [9.17, 15) is 19.7 Å². The number of nitro benzene ring substituents is 1. The molecule has 8 heteroatoms. The number of ketones is 1.